The summed E-state index contributed by atoms with van der Waals surface area (Å²) in [6.07, 6.45) is 0. The van der Waals surface area contributed by atoms with Gasteiger partial charge in [0.25, 0.3) is 0 Å². The predicted octanol–water partition coefficient (Wildman–Crippen LogP) is 1.82. The number of ether oxygens (including phenoxy) is 1. The van der Waals surface area contributed by atoms with Gasteiger partial charge in [-0.1, -0.05) is 11.6 Å². The minimum Gasteiger partial charge on any atom is -0.364 e. The average molecular weight is 143 g/mol. The van der Waals surface area contributed by atoms with E-state index in [4.69, 9.17) is 23.2 Å². The largest absolute Gasteiger partial charge is 0.364 e. The van der Waals surface area contributed by atoms with Crippen molar-refractivity contribution in [3.8, 4) is 0 Å². The van der Waals surface area contributed by atoms with Gasteiger partial charge in [-0.15, -0.1) is 11.6 Å². The third-order valence-electron chi connectivity index (χ3n) is 0.586. The summed E-state index contributed by atoms with van der Waals surface area (Å²) >= 11 is 10.9. The lowest BCUT2D eigenvalue weighted by atomic mass is 10.5. The van der Waals surface area contributed by atoms with Crippen molar-refractivity contribution in [2.45, 2.75) is 17.9 Å². The Morgan fingerprint density at radius 2 is 1.86 bits per heavy atom. The molecule has 0 saturated heterocycles. The number of rotatable bonds is 2. The Balaban J connectivity index is 3.14. The fraction of sp³-hybridized carbons (Fsp3) is 1.00. The Labute approximate surface area is 53.6 Å². The van der Waals surface area contributed by atoms with Crippen LogP contribution < -0.4 is 0 Å². The van der Waals surface area contributed by atoms with E-state index in [2.05, 4.69) is 4.74 Å². The third-order valence-corrected chi connectivity index (χ3v) is 1.50. The molecular formula is C4H8Cl2O. The van der Waals surface area contributed by atoms with E-state index in [1.54, 1.807) is 6.92 Å². The van der Waals surface area contributed by atoms with E-state index in [1.807, 2.05) is 0 Å². The Kier molecular flexibility index (Phi) is 3.80. The maximum Gasteiger partial charge on any atom is 0.146 e. The van der Waals surface area contributed by atoms with E-state index in [0.717, 1.165) is 0 Å². The summed E-state index contributed by atoms with van der Waals surface area (Å²) in [5.41, 5.74) is -0.360. The van der Waals surface area contributed by atoms with Crippen LogP contribution in [0.25, 0.3) is 0 Å². The summed E-state index contributed by atoms with van der Waals surface area (Å²) in [5, 5.41) is -0.119. The first-order chi connectivity index (χ1) is 3.18. The molecule has 0 aliphatic heterocycles. The molecule has 0 heterocycles. The van der Waals surface area contributed by atoms with Crippen LogP contribution in [-0.4, -0.2) is 18.1 Å². The average Bonchev–Trinajstić information content (AvgIpc) is 1.65. The SMILES string of the molecule is COC(Cl)C(C)Cl. The highest BCUT2D eigenvalue weighted by Gasteiger charge is 2.07. The highest BCUT2D eigenvalue weighted by molar-refractivity contribution is 6.29. The second kappa shape index (κ2) is 3.53. The molecule has 0 rings (SSSR count). The van der Waals surface area contributed by atoms with Crippen LogP contribution in [-0.2, 0) is 4.74 Å². The molecule has 0 aliphatic carbocycles. The number of hydrogen-bond acceptors (Lipinski definition) is 1. The van der Waals surface area contributed by atoms with E-state index in [9.17, 15) is 0 Å². The normalized spacial score (nSPS) is 18.9. The Hall–Kier alpha value is 0.540. The van der Waals surface area contributed by atoms with Gasteiger partial charge in [0.1, 0.15) is 5.56 Å². The number of hydrogen-bond donors (Lipinski definition) is 0. The monoisotopic (exact) mass is 142 g/mol. The zero-order valence-corrected chi connectivity index (χ0v) is 5.83. The molecular weight excluding hydrogens is 135 g/mol. The minimum absolute atomic E-state index is 0.119. The summed E-state index contributed by atoms with van der Waals surface area (Å²) in [6, 6.07) is 0. The summed E-state index contributed by atoms with van der Waals surface area (Å²) in [4.78, 5) is 0. The second-order valence-corrected chi connectivity index (χ2v) is 2.38. The van der Waals surface area contributed by atoms with Gasteiger partial charge in [0.15, 0.2) is 0 Å². The first kappa shape index (κ1) is 7.54. The molecule has 0 fully saturated rings. The van der Waals surface area contributed by atoms with Crippen molar-refractivity contribution in [1.29, 1.82) is 0 Å². The molecule has 0 radical (unpaired) electrons. The van der Waals surface area contributed by atoms with Gasteiger partial charge in [0.2, 0.25) is 0 Å². The predicted molar refractivity (Wildman–Crippen MR) is 32.0 cm³/mol. The van der Waals surface area contributed by atoms with Crippen molar-refractivity contribution in [3.63, 3.8) is 0 Å². The molecule has 0 aliphatic rings. The quantitative estimate of drug-likeness (QED) is 0.535. The zero-order valence-electron chi connectivity index (χ0n) is 4.32. The lowest BCUT2D eigenvalue weighted by molar-refractivity contribution is 0.167. The first-order valence-corrected chi connectivity index (χ1v) is 2.86. The van der Waals surface area contributed by atoms with Crippen LogP contribution >= 0.6 is 23.2 Å². The third kappa shape index (κ3) is 3.15. The van der Waals surface area contributed by atoms with Crippen LogP contribution in [0, 0.1) is 0 Å². The highest BCUT2D eigenvalue weighted by atomic mass is 35.5. The van der Waals surface area contributed by atoms with Gasteiger partial charge < -0.3 is 4.74 Å². The second-order valence-electron chi connectivity index (χ2n) is 1.26. The lowest BCUT2D eigenvalue weighted by Gasteiger charge is -2.06. The summed E-state index contributed by atoms with van der Waals surface area (Å²) in [6.45, 7) is 1.78. The Morgan fingerprint density at radius 3 is 1.86 bits per heavy atom. The van der Waals surface area contributed by atoms with Crippen LogP contribution in [0.15, 0.2) is 0 Å². The Bertz CT molecular complexity index is 47.0. The van der Waals surface area contributed by atoms with Crippen LogP contribution in [0.5, 0.6) is 0 Å². The molecule has 0 saturated carbocycles. The van der Waals surface area contributed by atoms with E-state index < -0.39 is 0 Å². The lowest BCUT2D eigenvalue weighted by Crippen LogP contribution is -2.12. The van der Waals surface area contributed by atoms with Crippen molar-refractivity contribution in [2.75, 3.05) is 7.11 Å². The fourth-order valence-corrected chi connectivity index (χ4v) is 0.290. The molecule has 0 aromatic heterocycles. The summed E-state index contributed by atoms with van der Waals surface area (Å²) in [7, 11) is 1.52. The van der Waals surface area contributed by atoms with Gasteiger partial charge in [-0.05, 0) is 6.92 Å². The van der Waals surface area contributed by atoms with Gasteiger partial charge in [-0.25, -0.2) is 0 Å². The number of alkyl halides is 2. The molecule has 3 heteroatoms. The van der Waals surface area contributed by atoms with Crippen LogP contribution in [0.1, 0.15) is 6.92 Å². The molecule has 0 amide bonds. The smallest absolute Gasteiger partial charge is 0.146 e. The molecule has 1 nitrogen and oxygen atoms in total. The van der Waals surface area contributed by atoms with E-state index in [1.165, 1.54) is 7.11 Å². The number of halogens is 2. The maximum absolute atomic E-state index is 5.47. The molecule has 7 heavy (non-hydrogen) atoms. The van der Waals surface area contributed by atoms with Gasteiger partial charge in [-0.3, -0.25) is 0 Å². The van der Waals surface area contributed by atoms with Crippen molar-refractivity contribution in [1.82, 2.24) is 0 Å². The Morgan fingerprint density at radius 1 is 1.43 bits per heavy atom. The molecule has 2 unspecified atom stereocenters. The van der Waals surface area contributed by atoms with Crippen molar-refractivity contribution in [2.24, 2.45) is 0 Å². The topological polar surface area (TPSA) is 9.23 Å². The number of methoxy groups -OCH3 is 1. The highest BCUT2D eigenvalue weighted by Crippen LogP contribution is 2.08. The first-order valence-electron chi connectivity index (χ1n) is 1.99. The maximum atomic E-state index is 5.47. The van der Waals surface area contributed by atoms with Crippen LogP contribution in [0.3, 0.4) is 0 Å². The van der Waals surface area contributed by atoms with Gasteiger partial charge in [0, 0.05) is 7.11 Å². The molecule has 0 spiro atoms. The molecule has 2 atom stereocenters. The van der Waals surface area contributed by atoms with Crippen molar-refractivity contribution < 1.29 is 4.74 Å². The molecule has 0 aromatic rings. The van der Waals surface area contributed by atoms with Crippen LogP contribution in [0.4, 0.5) is 0 Å². The molecule has 44 valence electrons. The van der Waals surface area contributed by atoms with Gasteiger partial charge >= 0.3 is 0 Å². The minimum atomic E-state index is -0.360. The summed E-state index contributed by atoms with van der Waals surface area (Å²) in [5.74, 6) is 0. The zero-order chi connectivity index (χ0) is 5.86. The van der Waals surface area contributed by atoms with E-state index in [-0.39, 0.29) is 10.9 Å². The van der Waals surface area contributed by atoms with Crippen molar-refractivity contribution >= 4 is 23.2 Å². The standard InChI is InChI=1S/C4H8Cl2O/c1-3(5)4(6)7-2/h3-4H,1-2H3. The fourth-order valence-electron chi connectivity index (χ4n) is 0.188. The van der Waals surface area contributed by atoms with Gasteiger partial charge in [-0.2, -0.15) is 0 Å². The van der Waals surface area contributed by atoms with Crippen LogP contribution in [0.2, 0.25) is 0 Å². The van der Waals surface area contributed by atoms with E-state index >= 15 is 0 Å². The van der Waals surface area contributed by atoms with Gasteiger partial charge in [0.05, 0.1) is 5.38 Å². The van der Waals surface area contributed by atoms with E-state index in [0.29, 0.717) is 0 Å². The molecule has 0 N–H and O–H groups in total. The van der Waals surface area contributed by atoms with Crippen molar-refractivity contribution in [3.05, 3.63) is 0 Å². The summed E-state index contributed by atoms with van der Waals surface area (Å²) < 4.78 is 4.65. The molecule has 0 aromatic carbocycles. The molecule has 0 bridgehead atoms.